The average Bonchev–Trinajstić information content (AvgIpc) is 2.45. The van der Waals surface area contributed by atoms with E-state index in [9.17, 15) is 4.79 Å². The Bertz CT molecular complexity index is 383. The molecule has 0 aliphatic rings. The Morgan fingerprint density at radius 3 is 2.28 bits per heavy atom. The van der Waals surface area contributed by atoms with Crippen molar-refractivity contribution in [3.05, 3.63) is 18.1 Å². The van der Waals surface area contributed by atoms with E-state index < -0.39 is 31.3 Å². The highest BCUT2D eigenvalue weighted by Crippen LogP contribution is 2.11. The summed E-state index contributed by atoms with van der Waals surface area (Å²) in [6.07, 6.45) is 2.42. The molecule has 0 spiro atoms. The van der Waals surface area contributed by atoms with Gasteiger partial charge in [-0.15, -0.1) is 0 Å². The molecular formula is C10H15N3O5. The summed E-state index contributed by atoms with van der Waals surface area (Å²) in [5.74, 6) is -0.411. The van der Waals surface area contributed by atoms with Crippen LogP contribution in [0.25, 0.3) is 0 Å². The average molecular weight is 257 g/mol. The molecule has 0 amide bonds. The highest BCUT2D eigenvalue weighted by Gasteiger charge is 2.28. The standard InChI is InChI=1S/C10H15N3O5/c1-18-9(17)7-2-12-8(3-11-7)13-10(4-14,5-15)6-16/h2-3,14-16H,4-6H2,1H3,(H,12,13). The van der Waals surface area contributed by atoms with Crippen LogP contribution in [0.1, 0.15) is 10.5 Å². The number of hydrogen-bond acceptors (Lipinski definition) is 8. The molecule has 4 N–H and O–H groups in total. The number of anilines is 1. The number of nitrogens with zero attached hydrogens (tertiary/aromatic N) is 2. The minimum absolute atomic E-state index is 0.0330. The Hall–Kier alpha value is -1.77. The summed E-state index contributed by atoms with van der Waals surface area (Å²) in [6, 6.07) is 0. The molecule has 1 aromatic heterocycles. The molecule has 0 atom stereocenters. The molecule has 0 aliphatic carbocycles. The van der Waals surface area contributed by atoms with E-state index in [1.165, 1.54) is 19.5 Å². The molecule has 0 unspecified atom stereocenters. The van der Waals surface area contributed by atoms with Crippen LogP contribution in [-0.4, -0.2) is 63.7 Å². The summed E-state index contributed by atoms with van der Waals surface area (Å²) in [5.41, 5.74) is -1.26. The Labute approximate surface area is 103 Å². The second-order valence-electron chi connectivity index (χ2n) is 3.66. The van der Waals surface area contributed by atoms with Crippen LogP contribution in [-0.2, 0) is 4.74 Å². The zero-order valence-electron chi connectivity index (χ0n) is 9.83. The first-order valence-corrected chi connectivity index (χ1v) is 5.12. The van der Waals surface area contributed by atoms with E-state index in [0.717, 1.165) is 0 Å². The third-order valence-electron chi connectivity index (χ3n) is 2.35. The maximum Gasteiger partial charge on any atom is 0.358 e. The minimum atomic E-state index is -1.29. The number of carbonyl (C=O) groups excluding carboxylic acids is 1. The van der Waals surface area contributed by atoms with E-state index >= 15 is 0 Å². The summed E-state index contributed by atoms with van der Waals surface area (Å²) >= 11 is 0. The zero-order chi connectivity index (χ0) is 13.6. The van der Waals surface area contributed by atoms with Crippen molar-refractivity contribution in [1.29, 1.82) is 0 Å². The molecule has 1 rings (SSSR count). The van der Waals surface area contributed by atoms with E-state index in [0.29, 0.717) is 0 Å². The van der Waals surface area contributed by atoms with Crippen molar-refractivity contribution in [2.75, 3.05) is 32.2 Å². The number of aromatic nitrogens is 2. The lowest BCUT2D eigenvalue weighted by Crippen LogP contribution is -2.49. The van der Waals surface area contributed by atoms with Crippen LogP contribution >= 0.6 is 0 Å². The fourth-order valence-electron chi connectivity index (χ4n) is 1.14. The van der Waals surface area contributed by atoms with Crippen molar-refractivity contribution in [3.63, 3.8) is 0 Å². The lowest BCUT2D eigenvalue weighted by Gasteiger charge is -2.28. The van der Waals surface area contributed by atoms with Gasteiger partial charge in [-0.05, 0) is 0 Å². The zero-order valence-corrected chi connectivity index (χ0v) is 9.83. The predicted molar refractivity (Wildman–Crippen MR) is 61.0 cm³/mol. The summed E-state index contributed by atoms with van der Waals surface area (Å²) in [7, 11) is 1.23. The van der Waals surface area contributed by atoms with E-state index in [-0.39, 0.29) is 11.5 Å². The van der Waals surface area contributed by atoms with Crippen LogP contribution in [0.2, 0.25) is 0 Å². The molecule has 18 heavy (non-hydrogen) atoms. The van der Waals surface area contributed by atoms with Gasteiger partial charge < -0.3 is 25.4 Å². The number of esters is 1. The van der Waals surface area contributed by atoms with Gasteiger partial charge in [0.25, 0.3) is 0 Å². The monoisotopic (exact) mass is 257 g/mol. The van der Waals surface area contributed by atoms with Gasteiger partial charge in [0, 0.05) is 0 Å². The number of rotatable bonds is 6. The van der Waals surface area contributed by atoms with E-state index in [1.807, 2.05) is 0 Å². The Kier molecular flexibility index (Phi) is 4.95. The number of aliphatic hydroxyl groups excluding tert-OH is 3. The van der Waals surface area contributed by atoms with E-state index in [4.69, 9.17) is 15.3 Å². The number of aliphatic hydroxyl groups is 3. The molecular weight excluding hydrogens is 242 g/mol. The first-order chi connectivity index (χ1) is 8.60. The molecule has 1 heterocycles. The first-order valence-electron chi connectivity index (χ1n) is 5.12. The van der Waals surface area contributed by atoms with E-state index in [2.05, 4.69) is 20.0 Å². The van der Waals surface area contributed by atoms with Crippen molar-refractivity contribution < 1.29 is 24.9 Å². The van der Waals surface area contributed by atoms with Gasteiger partial charge in [0.05, 0.1) is 39.3 Å². The highest BCUT2D eigenvalue weighted by molar-refractivity contribution is 5.86. The maximum absolute atomic E-state index is 11.1. The molecule has 1 aromatic rings. The van der Waals surface area contributed by atoms with Crippen LogP contribution in [0.5, 0.6) is 0 Å². The smallest absolute Gasteiger partial charge is 0.358 e. The van der Waals surface area contributed by atoms with Crippen LogP contribution in [0.3, 0.4) is 0 Å². The molecule has 8 nitrogen and oxygen atoms in total. The fraction of sp³-hybridized carbons (Fsp3) is 0.500. The van der Waals surface area contributed by atoms with Gasteiger partial charge in [0.1, 0.15) is 11.4 Å². The van der Waals surface area contributed by atoms with Gasteiger partial charge in [-0.2, -0.15) is 0 Å². The molecule has 0 bridgehead atoms. The van der Waals surface area contributed by atoms with Crippen molar-refractivity contribution in [3.8, 4) is 0 Å². The Morgan fingerprint density at radius 2 is 1.89 bits per heavy atom. The van der Waals surface area contributed by atoms with Gasteiger partial charge in [0.2, 0.25) is 0 Å². The van der Waals surface area contributed by atoms with Gasteiger partial charge in [-0.25, -0.2) is 14.8 Å². The molecule has 0 radical (unpaired) electrons. The molecule has 0 aliphatic heterocycles. The molecule has 0 fully saturated rings. The van der Waals surface area contributed by atoms with Crippen molar-refractivity contribution >= 4 is 11.8 Å². The van der Waals surface area contributed by atoms with Crippen molar-refractivity contribution in [2.45, 2.75) is 5.54 Å². The fourth-order valence-corrected chi connectivity index (χ4v) is 1.14. The maximum atomic E-state index is 11.1. The van der Waals surface area contributed by atoms with Crippen LogP contribution in [0.15, 0.2) is 12.4 Å². The first kappa shape index (κ1) is 14.3. The second-order valence-corrected chi connectivity index (χ2v) is 3.66. The quantitative estimate of drug-likeness (QED) is 0.449. The largest absolute Gasteiger partial charge is 0.464 e. The molecule has 0 aromatic carbocycles. The van der Waals surface area contributed by atoms with Gasteiger partial charge in [0.15, 0.2) is 5.69 Å². The van der Waals surface area contributed by atoms with Gasteiger partial charge in [-0.1, -0.05) is 0 Å². The number of methoxy groups -OCH3 is 1. The summed E-state index contributed by atoms with van der Waals surface area (Å²) in [5, 5.41) is 30.0. The van der Waals surface area contributed by atoms with Crippen LogP contribution < -0.4 is 5.32 Å². The number of nitrogens with one attached hydrogen (secondary N) is 1. The topological polar surface area (TPSA) is 125 Å². The lowest BCUT2D eigenvalue weighted by molar-refractivity contribution is 0.0593. The van der Waals surface area contributed by atoms with Crippen molar-refractivity contribution in [1.82, 2.24) is 9.97 Å². The third kappa shape index (κ3) is 3.13. The minimum Gasteiger partial charge on any atom is -0.464 e. The third-order valence-corrected chi connectivity index (χ3v) is 2.35. The van der Waals surface area contributed by atoms with Crippen LogP contribution in [0, 0.1) is 0 Å². The second kappa shape index (κ2) is 6.24. The van der Waals surface area contributed by atoms with E-state index in [1.54, 1.807) is 0 Å². The summed E-state index contributed by atoms with van der Waals surface area (Å²) in [6.45, 7) is -1.46. The number of carbonyl (C=O) groups is 1. The number of ether oxygens (including phenoxy) is 1. The summed E-state index contributed by atoms with van der Waals surface area (Å²) < 4.78 is 4.46. The van der Waals surface area contributed by atoms with Gasteiger partial charge in [-0.3, -0.25) is 0 Å². The number of hydrogen-bond donors (Lipinski definition) is 4. The molecule has 8 heteroatoms. The highest BCUT2D eigenvalue weighted by atomic mass is 16.5. The SMILES string of the molecule is COC(=O)c1cnc(NC(CO)(CO)CO)cn1. The van der Waals surface area contributed by atoms with Crippen molar-refractivity contribution in [2.24, 2.45) is 0 Å². The Morgan fingerprint density at radius 1 is 1.28 bits per heavy atom. The lowest BCUT2D eigenvalue weighted by atomic mass is 10.0. The Balaban J connectivity index is 2.83. The normalized spacial score (nSPS) is 11.1. The van der Waals surface area contributed by atoms with Crippen LogP contribution in [0.4, 0.5) is 5.82 Å². The molecule has 100 valence electrons. The predicted octanol–water partition coefficient (Wildman–Crippen LogP) is -1.61. The van der Waals surface area contributed by atoms with Gasteiger partial charge >= 0.3 is 5.97 Å². The summed E-state index contributed by atoms with van der Waals surface area (Å²) in [4.78, 5) is 18.8. The molecule has 0 saturated carbocycles. The molecule has 0 saturated heterocycles.